The number of rotatable bonds is 4. The van der Waals surface area contributed by atoms with Crippen LogP contribution in [0, 0.1) is 39.3 Å². The van der Waals surface area contributed by atoms with Crippen molar-refractivity contribution in [3.8, 4) is 11.1 Å². The lowest BCUT2D eigenvalue weighted by Gasteiger charge is -2.17. The van der Waals surface area contributed by atoms with Crippen molar-refractivity contribution in [1.82, 2.24) is 0 Å². The minimum Gasteiger partial charge on any atom is -0.460 e. The third-order valence-electron chi connectivity index (χ3n) is 5.63. The van der Waals surface area contributed by atoms with Gasteiger partial charge in [0.15, 0.2) is 0 Å². The lowest BCUT2D eigenvalue weighted by Crippen LogP contribution is -2.04. The standard InChI is InChI=1S/C25H23F2NO/c1-14-15(2)25-22(23(17(4)29-25)19-7-11-21(27)12-8-19)16(3)24(14)28-13-18-5-9-20(26)10-6-18/h5-12,28H,13H2,1-4H3. The molecule has 0 radical (unpaired) electrons. The molecule has 1 aromatic heterocycles. The number of halogens is 2. The molecule has 4 heteroatoms. The van der Waals surface area contributed by atoms with Crippen molar-refractivity contribution in [1.29, 1.82) is 0 Å². The van der Waals surface area contributed by atoms with Crippen LogP contribution in [0.15, 0.2) is 52.9 Å². The molecule has 0 fully saturated rings. The summed E-state index contributed by atoms with van der Waals surface area (Å²) in [5, 5.41) is 4.56. The molecule has 0 aliphatic heterocycles. The van der Waals surface area contributed by atoms with Crippen LogP contribution < -0.4 is 5.32 Å². The van der Waals surface area contributed by atoms with Gasteiger partial charge in [0.05, 0.1) is 0 Å². The SMILES string of the molecule is Cc1oc2c(C)c(C)c(NCc3ccc(F)cc3)c(C)c2c1-c1ccc(F)cc1. The fourth-order valence-corrected chi connectivity index (χ4v) is 3.95. The van der Waals surface area contributed by atoms with Crippen LogP contribution in [-0.4, -0.2) is 0 Å². The summed E-state index contributed by atoms with van der Waals surface area (Å²) in [5.41, 5.74) is 8.11. The van der Waals surface area contributed by atoms with Crippen molar-refractivity contribution in [2.24, 2.45) is 0 Å². The van der Waals surface area contributed by atoms with E-state index in [0.29, 0.717) is 6.54 Å². The van der Waals surface area contributed by atoms with Crippen molar-refractivity contribution in [2.75, 3.05) is 5.32 Å². The number of hydrogen-bond donors (Lipinski definition) is 1. The Hall–Kier alpha value is -3.14. The molecule has 1 heterocycles. The monoisotopic (exact) mass is 391 g/mol. The highest BCUT2D eigenvalue weighted by molar-refractivity contribution is 6.02. The van der Waals surface area contributed by atoms with Gasteiger partial charge in [0.2, 0.25) is 0 Å². The van der Waals surface area contributed by atoms with Gasteiger partial charge in [-0.1, -0.05) is 24.3 Å². The molecule has 0 unspecified atom stereocenters. The van der Waals surface area contributed by atoms with Gasteiger partial charge in [-0.15, -0.1) is 0 Å². The quantitative estimate of drug-likeness (QED) is 0.397. The largest absolute Gasteiger partial charge is 0.460 e. The smallest absolute Gasteiger partial charge is 0.138 e. The van der Waals surface area contributed by atoms with E-state index in [-0.39, 0.29) is 11.6 Å². The maximum Gasteiger partial charge on any atom is 0.138 e. The highest BCUT2D eigenvalue weighted by atomic mass is 19.1. The molecule has 1 N–H and O–H groups in total. The van der Waals surface area contributed by atoms with Crippen LogP contribution in [0.5, 0.6) is 0 Å². The zero-order valence-electron chi connectivity index (χ0n) is 17.0. The lowest BCUT2D eigenvalue weighted by molar-refractivity contribution is 0.577. The minimum atomic E-state index is -0.260. The van der Waals surface area contributed by atoms with Gasteiger partial charge in [-0.05, 0) is 79.8 Å². The molecule has 0 amide bonds. The minimum absolute atomic E-state index is 0.240. The van der Waals surface area contributed by atoms with E-state index in [2.05, 4.69) is 26.1 Å². The maximum absolute atomic E-state index is 13.4. The molecule has 0 aliphatic rings. The second-order valence-electron chi connectivity index (χ2n) is 7.47. The lowest BCUT2D eigenvalue weighted by atomic mass is 9.93. The number of hydrogen-bond acceptors (Lipinski definition) is 2. The Balaban J connectivity index is 1.84. The molecule has 0 aliphatic carbocycles. The van der Waals surface area contributed by atoms with Gasteiger partial charge >= 0.3 is 0 Å². The van der Waals surface area contributed by atoms with E-state index in [4.69, 9.17) is 4.42 Å². The first-order valence-corrected chi connectivity index (χ1v) is 9.64. The van der Waals surface area contributed by atoms with Crippen molar-refractivity contribution in [3.63, 3.8) is 0 Å². The first-order chi connectivity index (χ1) is 13.9. The zero-order chi connectivity index (χ0) is 20.7. The number of aryl methyl sites for hydroxylation is 3. The molecule has 0 bridgehead atoms. The fourth-order valence-electron chi connectivity index (χ4n) is 3.95. The normalized spacial score (nSPS) is 11.2. The van der Waals surface area contributed by atoms with Crippen molar-refractivity contribution >= 4 is 16.7 Å². The second-order valence-corrected chi connectivity index (χ2v) is 7.47. The molecule has 4 rings (SSSR count). The molecule has 0 saturated heterocycles. The predicted octanol–water partition coefficient (Wildman–Crippen LogP) is 7.22. The van der Waals surface area contributed by atoms with Crippen LogP contribution in [0.3, 0.4) is 0 Å². The van der Waals surface area contributed by atoms with Gasteiger partial charge < -0.3 is 9.73 Å². The summed E-state index contributed by atoms with van der Waals surface area (Å²) in [6.07, 6.45) is 0. The molecule has 2 nitrogen and oxygen atoms in total. The summed E-state index contributed by atoms with van der Waals surface area (Å²) in [6.45, 7) is 8.74. The van der Waals surface area contributed by atoms with E-state index in [1.165, 1.54) is 24.3 Å². The number of benzene rings is 3. The third kappa shape index (κ3) is 3.39. The average molecular weight is 391 g/mol. The van der Waals surface area contributed by atoms with E-state index in [1.807, 2.05) is 6.92 Å². The molecule has 29 heavy (non-hydrogen) atoms. The molecule has 3 aromatic carbocycles. The summed E-state index contributed by atoms with van der Waals surface area (Å²) in [7, 11) is 0. The maximum atomic E-state index is 13.4. The van der Waals surface area contributed by atoms with E-state index in [0.717, 1.165) is 55.8 Å². The molecule has 0 spiro atoms. The molecular formula is C25H23F2NO. The van der Waals surface area contributed by atoms with Gasteiger partial charge in [0.1, 0.15) is 23.0 Å². The van der Waals surface area contributed by atoms with E-state index in [1.54, 1.807) is 24.3 Å². The Labute approximate surface area is 169 Å². The highest BCUT2D eigenvalue weighted by Crippen LogP contribution is 2.42. The van der Waals surface area contributed by atoms with Crippen molar-refractivity contribution < 1.29 is 13.2 Å². The first-order valence-electron chi connectivity index (χ1n) is 9.64. The Morgan fingerprint density at radius 2 is 1.34 bits per heavy atom. The zero-order valence-corrected chi connectivity index (χ0v) is 17.0. The Kier molecular flexibility index (Phi) is 4.87. The summed E-state index contributed by atoms with van der Waals surface area (Å²) in [4.78, 5) is 0. The molecule has 148 valence electrons. The fraction of sp³-hybridized carbons (Fsp3) is 0.200. The summed E-state index contributed by atoms with van der Waals surface area (Å²) < 4.78 is 32.8. The molecule has 0 saturated carbocycles. The van der Waals surface area contributed by atoms with Gasteiger partial charge in [0, 0.05) is 23.2 Å². The second kappa shape index (κ2) is 7.36. The Morgan fingerprint density at radius 1 is 0.759 bits per heavy atom. The first kappa shape index (κ1) is 19.2. The van der Waals surface area contributed by atoms with Crippen molar-refractivity contribution in [2.45, 2.75) is 34.2 Å². The van der Waals surface area contributed by atoms with Crippen LogP contribution in [0.4, 0.5) is 14.5 Å². The Morgan fingerprint density at radius 3 is 1.97 bits per heavy atom. The molecule has 4 aromatic rings. The highest BCUT2D eigenvalue weighted by Gasteiger charge is 2.21. The topological polar surface area (TPSA) is 25.2 Å². The van der Waals surface area contributed by atoms with Gasteiger partial charge in [-0.25, -0.2) is 8.78 Å². The van der Waals surface area contributed by atoms with E-state index >= 15 is 0 Å². The average Bonchev–Trinajstić information content (AvgIpc) is 3.06. The number of fused-ring (bicyclic) bond motifs is 1. The number of anilines is 1. The van der Waals surface area contributed by atoms with Gasteiger partial charge in [-0.3, -0.25) is 0 Å². The Bertz CT molecular complexity index is 1190. The van der Waals surface area contributed by atoms with Crippen LogP contribution >= 0.6 is 0 Å². The van der Waals surface area contributed by atoms with E-state index < -0.39 is 0 Å². The van der Waals surface area contributed by atoms with Crippen LogP contribution in [0.2, 0.25) is 0 Å². The number of nitrogens with one attached hydrogen (secondary N) is 1. The number of furan rings is 1. The van der Waals surface area contributed by atoms with Crippen LogP contribution in [0.1, 0.15) is 28.0 Å². The van der Waals surface area contributed by atoms with Crippen LogP contribution in [0.25, 0.3) is 22.1 Å². The molecule has 0 atom stereocenters. The van der Waals surface area contributed by atoms with Gasteiger partial charge in [0.25, 0.3) is 0 Å². The summed E-state index contributed by atoms with van der Waals surface area (Å²) >= 11 is 0. The van der Waals surface area contributed by atoms with E-state index in [9.17, 15) is 8.78 Å². The summed E-state index contributed by atoms with van der Waals surface area (Å²) in [6, 6.07) is 13.0. The predicted molar refractivity (Wildman–Crippen MR) is 114 cm³/mol. The van der Waals surface area contributed by atoms with Crippen molar-refractivity contribution in [3.05, 3.63) is 88.2 Å². The third-order valence-corrected chi connectivity index (χ3v) is 5.63. The van der Waals surface area contributed by atoms with Crippen LogP contribution in [-0.2, 0) is 6.54 Å². The summed E-state index contributed by atoms with van der Waals surface area (Å²) in [5.74, 6) is 0.314. The molecular weight excluding hydrogens is 368 g/mol. The van der Waals surface area contributed by atoms with Gasteiger partial charge in [-0.2, -0.15) is 0 Å².